The number of aliphatic carboxylic acids is 2. The second-order valence-electron chi connectivity index (χ2n) is 10.5. The summed E-state index contributed by atoms with van der Waals surface area (Å²) in [6, 6.07) is 0. The van der Waals surface area contributed by atoms with Gasteiger partial charge in [0.05, 0.1) is 0 Å². The van der Waals surface area contributed by atoms with Gasteiger partial charge in [0, 0.05) is 12.8 Å². The van der Waals surface area contributed by atoms with E-state index in [-0.39, 0.29) is 6.42 Å². The molecule has 0 aromatic carbocycles. The highest BCUT2D eigenvalue weighted by Gasteiger charge is 2.28. The smallest absolute Gasteiger partial charge is 0.303 e. The molecule has 0 spiro atoms. The first kappa shape index (κ1) is 31.9. The maximum Gasteiger partial charge on any atom is 0.303 e. The Morgan fingerprint density at radius 3 is 1.48 bits per heavy atom. The lowest BCUT2D eigenvalue weighted by molar-refractivity contribution is -0.139. The van der Waals surface area contributed by atoms with E-state index in [2.05, 4.69) is 27.7 Å². The Morgan fingerprint density at radius 2 is 1.06 bits per heavy atom. The number of carboxylic acid groups (broad SMARTS) is 2. The summed E-state index contributed by atoms with van der Waals surface area (Å²) >= 11 is 0. The summed E-state index contributed by atoms with van der Waals surface area (Å²) in [5.41, 5.74) is 0. The van der Waals surface area contributed by atoms with Gasteiger partial charge >= 0.3 is 11.9 Å². The van der Waals surface area contributed by atoms with Gasteiger partial charge in [-0.2, -0.15) is 0 Å². The molecule has 4 nitrogen and oxygen atoms in total. The van der Waals surface area contributed by atoms with Crippen LogP contribution >= 0.6 is 0 Å². The van der Waals surface area contributed by atoms with Crippen molar-refractivity contribution in [3.63, 3.8) is 0 Å². The van der Waals surface area contributed by atoms with Crippen molar-refractivity contribution < 1.29 is 19.8 Å². The van der Waals surface area contributed by atoms with Crippen molar-refractivity contribution in [3.8, 4) is 0 Å². The van der Waals surface area contributed by atoms with Gasteiger partial charge in [-0.25, -0.2) is 0 Å². The SMILES string of the molecule is CCCCC(CC)CC(CC(CC)CCCC)C(CCCCCCCCC(=O)O)CC(=O)O. The van der Waals surface area contributed by atoms with Crippen LogP contribution in [0.2, 0.25) is 0 Å². The minimum Gasteiger partial charge on any atom is -0.481 e. The Bertz CT molecular complexity index is 458. The predicted octanol–water partition coefficient (Wildman–Crippen LogP) is 9.11. The summed E-state index contributed by atoms with van der Waals surface area (Å²) in [6.45, 7) is 9.14. The first-order valence-electron chi connectivity index (χ1n) is 14.3. The highest BCUT2D eigenvalue weighted by atomic mass is 16.4. The molecule has 0 saturated heterocycles. The molecular formula is C29H56O4. The van der Waals surface area contributed by atoms with Crippen molar-refractivity contribution in [3.05, 3.63) is 0 Å². The molecule has 0 fully saturated rings. The molecule has 0 amide bonds. The van der Waals surface area contributed by atoms with Crippen molar-refractivity contribution >= 4 is 11.9 Å². The van der Waals surface area contributed by atoms with Crippen LogP contribution in [0.1, 0.15) is 150 Å². The molecule has 4 heteroatoms. The van der Waals surface area contributed by atoms with Crippen molar-refractivity contribution in [1.82, 2.24) is 0 Å². The molecular weight excluding hydrogens is 412 g/mol. The Morgan fingerprint density at radius 1 is 0.576 bits per heavy atom. The quantitative estimate of drug-likeness (QED) is 0.138. The minimum absolute atomic E-state index is 0.273. The van der Waals surface area contributed by atoms with Crippen molar-refractivity contribution in [2.75, 3.05) is 0 Å². The molecule has 3 atom stereocenters. The molecule has 0 aromatic heterocycles. The molecule has 0 aliphatic rings. The van der Waals surface area contributed by atoms with Crippen molar-refractivity contribution in [1.29, 1.82) is 0 Å². The van der Waals surface area contributed by atoms with Crippen LogP contribution in [0.5, 0.6) is 0 Å². The maximum atomic E-state index is 11.8. The van der Waals surface area contributed by atoms with Crippen LogP contribution in [0.15, 0.2) is 0 Å². The molecule has 0 aromatic rings. The zero-order chi connectivity index (χ0) is 24.9. The highest BCUT2D eigenvalue weighted by Crippen LogP contribution is 2.37. The number of carboxylic acids is 2. The first-order valence-corrected chi connectivity index (χ1v) is 14.3. The lowest BCUT2D eigenvalue weighted by Crippen LogP contribution is -2.24. The van der Waals surface area contributed by atoms with Gasteiger partial charge in [-0.05, 0) is 49.4 Å². The Hall–Kier alpha value is -1.06. The van der Waals surface area contributed by atoms with Gasteiger partial charge in [0.25, 0.3) is 0 Å². The maximum absolute atomic E-state index is 11.8. The van der Waals surface area contributed by atoms with Gasteiger partial charge in [-0.1, -0.05) is 111 Å². The molecule has 0 aliphatic heterocycles. The molecule has 0 bridgehead atoms. The number of carbonyl (C=O) groups is 2. The third-order valence-corrected chi connectivity index (χ3v) is 7.68. The monoisotopic (exact) mass is 468 g/mol. The molecule has 0 saturated carbocycles. The molecule has 196 valence electrons. The minimum atomic E-state index is -0.703. The molecule has 3 unspecified atom stereocenters. The van der Waals surface area contributed by atoms with Crippen LogP contribution < -0.4 is 0 Å². The van der Waals surface area contributed by atoms with Gasteiger partial charge in [0.2, 0.25) is 0 Å². The van der Waals surface area contributed by atoms with Gasteiger partial charge in [-0.3, -0.25) is 9.59 Å². The lowest BCUT2D eigenvalue weighted by Gasteiger charge is -2.32. The summed E-state index contributed by atoms with van der Waals surface area (Å²) in [7, 11) is 0. The Balaban J connectivity index is 5.01. The predicted molar refractivity (Wildman–Crippen MR) is 140 cm³/mol. The average molecular weight is 469 g/mol. The highest BCUT2D eigenvalue weighted by molar-refractivity contribution is 5.67. The fourth-order valence-corrected chi connectivity index (χ4v) is 5.42. The largest absolute Gasteiger partial charge is 0.481 e. The topological polar surface area (TPSA) is 74.6 Å². The number of hydrogen-bond acceptors (Lipinski definition) is 2. The lowest BCUT2D eigenvalue weighted by atomic mass is 9.73. The van der Waals surface area contributed by atoms with Crippen LogP contribution in [0.3, 0.4) is 0 Å². The first-order chi connectivity index (χ1) is 15.9. The fraction of sp³-hybridized carbons (Fsp3) is 0.931. The van der Waals surface area contributed by atoms with Crippen molar-refractivity contribution in [2.45, 2.75) is 150 Å². The van der Waals surface area contributed by atoms with E-state index in [1.165, 1.54) is 64.2 Å². The molecule has 2 N–H and O–H groups in total. The number of rotatable bonds is 24. The van der Waals surface area contributed by atoms with E-state index < -0.39 is 11.9 Å². The van der Waals surface area contributed by atoms with E-state index in [9.17, 15) is 14.7 Å². The summed E-state index contributed by atoms with van der Waals surface area (Å²) in [5.74, 6) is 0.933. The van der Waals surface area contributed by atoms with Gasteiger partial charge < -0.3 is 10.2 Å². The van der Waals surface area contributed by atoms with Gasteiger partial charge in [-0.15, -0.1) is 0 Å². The average Bonchev–Trinajstić information content (AvgIpc) is 2.78. The Labute approximate surface area is 205 Å². The Kier molecular flexibility index (Phi) is 20.8. The molecule has 33 heavy (non-hydrogen) atoms. The van der Waals surface area contributed by atoms with Crippen LogP contribution in [-0.4, -0.2) is 22.2 Å². The zero-order valence-electron chi connectivity index (χ0n) is 22.5. The van der Waals surface area contributed by atoms with E-state index in [0.29, 0.717) is 18.3 Å². The van der Waals surface area contributed by atoms with Crippen LogP contribution in [0.25, 0.3) is 0 Å². The standard InChI is InChI=1S/C29H56O4/c1-5-9-17-24(7-3)21-27(22-25(8-4)18-10-6-2)26(23-29(32)33)19-15-13-11-12-14-16-20-28(30)31/h24-27H,5-23H2,1-4H3,(H,30,31)(H,32,33). The number of hydrogen-bond donors (Lipinski definition) is 2. The van der Waals surface area contributed by atoms with E-state index in [4.69, 9.17) is 5.11 Å². The summed E-state index contributed by atoms with van der Waals surface area (Å²) in [6.07, 6.45) is 20.2. The van der Waals surface area contributed by atoms with E-state index in [1.54, 1.807) is 0 Å². The van der Waals surface area contributed by atoms with E-state index in [1.807, 2.05) is 0 Å². The van der Waals surface area contributed by atoms with Crippen LogP contribution in [0.4, 0.5) is 0 Å². The summed E-state index contributed by atoms with van der Waals surface area (Å²) in [4.78, 5) is 22.4. The number of unbranched alkanes of at least 4 members (excludes halogenated alkanes) is 7. The fourth-order valence-electron chi connectivity index (χ4n) is 5.42. The van der Waals surface area contributed by atoms with Gasteiger partial charge in [0.1, 0.15) is 0 Å². The second-order valence-corrected chi connectivity index (χ2v) is 10.5. The summed E-state index contributed by atoms with van der Waals surface area (Å²) in [5, 5.41) is 18.4. The molecule has 0 aliphatic carbocycles. The summed E-state index contributed by atoms with van der Waals surface area (Å²) < 4.78 is 0. The third-order valence-electron chi connectivity index (χ3n) is 7.68. The third kappa shape index (κ3) is 18.0. The van der Waals surface area contributed by atoms with Crippen molar-refractivity contribution in [2.24, 2.45) is 23.7 Å². The normalized spacial score (nSPS) is 15.2. The molecule has 0 heterocycles. The van der Waals surface area contributed by atoms with Crippen LogP contribution in [0, 0.1) is 23.7 Å². The molecule has 0 rings (SSSR count). The van der Waals surface area contributed by atoms with E-state index >= 15 is 0 Å². The molecule has 0 radical (unpaired) electrons. The zero-order valence-corrected chi connectivity index (χ0v) is 22.5. The van der Waals surface area contributed by atoms with E-state index in [0.717, 1.165) is 56.8 Å². The van der Waals surface area contributed by atoms with Gasteiger partial charge in [0.15, 0.2) is 0 Å². The van der Waals surface area contributed by atoms with Crippen LogP contribution in [-0.2, 0) is 9.59 Å². The second kappa shape index (κ2) is 21.5.